The lowest BCUT2D eigenvalue weighted by atomic mass is 10.1. The summed E-state index contributed by atoms with van der Waals surface area (Å²) in [4.78, 5) is 20.0. The first-order chi connectivity index (χ1) is 12.0. The largest absolute Gasteiger partial charge is 0.377 e. The summed E-state index contributed by atoms with van der Waals surface area (Å²) in [5.74, 6) is 4.06. The van der Waals surface area contributed by atoms with E-state index < -0.39 is 0 Å². The van der Waals surface area contributed by atoms with Gasteiger partial charge in [0.2, 0.25) is 11.9 Å². The van der Waals surface area contributed by atoms with Crippen molar-refractivity contribution in [1.29, 1.82) is 0 Å². The van der Waals surface area contributed by atoms with Crippen molar-refractivity contribution in [3.63, 3.8) is 0 Å². The minimum atomic E-state index is 0.210. The first-order valence-electron chi connectivity index (χ1n) is 8.57. The third-order valence-corrected chi connectivity index (χ3v) is 4.07. The first kappa shape index (κ1) is 17.5. The van der Waals surface area contributed by atoms with Gasteiger partial charge in [0.05, 0.1) is 6.54 Å². The Kier molecular flexibility index (Phi) is 5.12. The predicted octanol–water partition coefficient (Wildman–Crippen LogP) is 1.23. The van der Waals surface area contributed by atoms with Crippen LogP contribution in [0.3, 0.4) is 0 Å². The van der Waals surface area contributed by atoms with Crippen LogP contribution in [0.2, 0.25) is 0 Å². The highest BCUT2D eigenvalue weighted by Gasteiger charge is 2.23. The number of anilines is 2. The van der Waals surface area contributed by atoms with Crippen molar-refractivity contribution in [2.75, 3.05) is 31.4 Å². The molecule has 0 saturated carbocycles. The molecule has 3 heterocycles. The Balaban J connectivity index is 1.76. The average Bonchev–Trinajstić information content (AvgIpc) is 2.96. The third-order valence-electron chi connectivity index (χ3n) is 4.07. The molecule has 136 valence electrons. The van der Waals surface area contributed by atoms with Crippen LogP contribution in [0.15, 0.2) is 0 Å². The molecule has 9 heteroatoms. The lowest BCUT2D eigenvalue weighted by molar-refractivity contribution is 0.177. The van der Waals surface area contributed by atoms with Gasteiger partial charge in [-0.3, -0.25) is 0 Å². The van der Waals surface area contributed by atoms with Crippen molar-refractivity contribution in [2.24, 2.45) is 0 Å². The van der Waals surface area contributed by atoms with Crippen molar-refractivity contribution in [3.8, 4) is 0 Å². The van der Waals surface area contributed by atoms with Gasteiger partial charge in [-0.05, 0) is 6.42 Å². The van der Waals surface area contributed by atoms with Gasteiger partial charge in [-0.2, -0.15) is 20.1 Å². The fourth-order valence-corrected chi connectivity index (χ4v) is 2.75. The summed E-state index contributed by atoms with van der Waals surface area (Å²) >= 11 is 0. The molecule has 2 aromatic heterocycles. The zero-order chi connectivity index (χ0) is 18.0. The number of aryl methyl sites for hydroxylation is 1. The van der Waals surface area contributed by atoms with Crippen molar-refractivity contribution >= 4 is 11.9 Å². The lowest BCUT2D eigenvalue weighted by Crippen LogP contribution is -2.33. The van der Waals surface area contributed by atoms with Gasteiger partial charge in [0.1, 0.15) is 18.3 Å². The van der Waals surface area contributed by atoms with E-state index in [1.165, 1.54) is 0 Å². The van der Waals surface area contributed by atoms with Crippen LogP contribution in [-0.2, 0) is 24.3 Å². The number of fused-ring (bicyclic) bond motifs is 1. The molecule has 1 N–H and O–H groups in total. The van der Waals surface area contributed by atoms with Crippen molar-refractivity contribution in [1.82, 2.24) is 29.7 Å². The van der Waals surface area contributed by atoms with E-state index in [0.717, 1.165) is 36.9 Å². The molecule has 0 radical (unpaired) electrons. The fourth-order valence-electron chi connectivity index (χ4n) is 2.75. The van der Waals surface area contributed by atoms with Gasteiger partial charge < -0.3 is 15.0 Å². The van der Waals surface area contributed by atoms with E-state index in [-0.39, 0.29) is 12.0 Å². The fraction of sp³-hybridized carbons (Fsp3) is 0.688. The molecule has 0 spiro atoms. The second-order valence-electron chi connectivity index (χ2n) is 6.81. The van der Waals surface area contributed by atoms with Gasteiger partial charge in [0, 0.05) is 39.6 Å². The van der Waals surface area contributed by atoms with Crippen molar-refractivity contribution in [2.45, 2.75) is 51.8 Å². The van der Waals surface area contributed by atoms with Gasteiger partial charge in [-0.1, -0.05) is 13.8 Å². The molecule has 0 aromatic carbocycles. The monoisotopic (exact) mass is 346 g/mol. The number of ether oxygens (including phenoxy) is 1. The van der Waals surface area contributed by atoms with Crippen LogP contribution in [0.1, 0.15) is 43.7 Å². The maximum atomic E-state index is 5.11. The molecule has 0 amide bonds. The summed E-state index contributed by atoms with van der Waals surface area (Å²) in [6, 6.07) is 0.210. The van der Waals surface area contributed by atoms with Crippen LogP contribution in [0, 0.1) is 0 Å². The summed E-state index contributed by atoms with van der Waals surface area (Å²) in [5.41, 5.74) is 0. The summed E-state index contributed by atoms with van der Waals surface area (Å²) in [5, 5.41) is 7.95. The number of nitrogens with one attached hydrogen (secondary N) is 1. The summed E-state index contributed by atoms with van der Waals surface area (Å²) in [6.45, 7) is 5.35. The van der Waals surface area contributed by atoms with Crippen molar-refractivity contribution < 1.29 is 4.74 Å². The summed E-state index contributed by atoms with van der Waals surface area (Å²) in [6.07, 6.45) is 1.84. The first-order valence-corrected chi connectivity index (χ1v) is 8.57. The summed E-state index contributed by atoms with van der Waals surface area (Å²) in [7, 11) is 5.52. The topological polar surface area (TPSA) is 93.9 Å². The quantitative estimate of drug-likeness (QED) is 0.834. The Morgan fingerprint density at radius 3 is 2.72 bits per heavy atom. The summed E-state index contributed by atoms with van der Waals surface area (Å²) < 4.78 is 7.06. The van der Waals surface area contributed by atoms with E-state index in [0.29, 0.717) is 18.5 Å². The normalized spacial score (nSPS) is 16.8. The molecule has 1 aliphatic heterocycles. The number of hydrogen-bond acceptors (Lipinski definition) is 8. The molecule has 9 nitrogen and oxygen atoms in total. The Morgan fingerprint density at radius 2 is 2.04 bits per heavy atom. The van der Waals surface area contributed by atoms with Crippen LogP contribution >= 0.6 is 0 Å². The molecule has 1 unspecified atom stereocenters. The minimum Gasteiger partial charge on any atom is -0.377 e. The molecular weight excluding hydrogens is 320 g/mol. The van der Waals surface area contributed by atoms with Crippen LogP contribution < -0.4 is 10.2 Å². The standard InChI is InChI=1S/C16H26N8O/c1-10(2)14-19-15(21-16(20-14)23(3)4)17-11-6-7-13-18-12(9-25-5)22-24(13)8-11/h10-11H,6-9H2,1-5H3,(H,17,19,20,21). The maximum Gasteiger partial charge on any atom is 0.229 e. The zero-order valence-corrected chi connectivity index (χ0v) is 15.5. The predicted molar refractivity (Wildman–Crippen MR) is 94.7 cm³/mol. The van der Waals surface area contributed by atoms with E-state index in [2.05, 4.69) is 44.2 Å². The highest BCUT2D eigenvalue weighted by Crippen LogP contribution is 2.19. The average molecular weight is 346 g/mol. The number of methoxy groups -OCH3 is 1. The third kappa shape index (κ3) is 4.04. The Labute approximate surface area is 147 Å². The SMILES string of the molecule is COCc1nc2n(n1)CC(Nc1nc(C(C)C)nc(N(C)C)n1)CC2. The number of nitrogens with zero attached hydrogens (tertiary/aromatic N) is 7. The second kappa shape index (κ2) is 7.30. The van der Waals surface area contributed by atoms with Crippen LogP contribution in [0.4, 0.5) is 11.9 Å². The van der Waals surface area contributed by atoms with E-state index in [1.54, 1.807) is 7.11 Å². The molecule has 0 fully saturated rings. The van der Waals surface area contributed by atoms with Gasteiger partial charge in [0.15, 0.2) is 5.82 Å². The number of hydrogen-bond donors (Lipinski definition) is 1. The highest BCUT2D eigenvalue weighted by molar-refractivity contribution is 5.37. The highest BCUT2D eigenvalue weighted by atomic mass is 16.5. The molecule has 2 aromatic rings. The van der Waals surface area contributed by atoms with Gasteiger partial charge >= 0.3 is 0 Å². The molecular formula is C16H26N8O. The number of rotatable bonds is 6. The van der Waals surface area contributed by atoms with Crippen LogP contribution in [-0.4, -0.2) is 57.0 Å². The maximum absolute atomic E-state index is 5.11. The van der Waals surface area contributed by atoms with E-state index in [4.69, 9.17) is 4.74 Å². The molecule has 0 aliphatic carbocycles. The van der Waals surface area contributed by atoms with Gasteiger partial charge in [-0.15, -0.1) is 0 Å². The van der Waals surface area contributed by atoms with Crippen LogP contribution in [0.25, 0.3) is 0 Å². The van der Waals surface area contributed by atoms with Crippen molar-refractivity contribution in [3.05, 3.63) is 17.5 Å². The number of aromatic nitrogens is 6. The van der Waals surface area contributed by atoms with Gasteiger partial charge in [0.25, 0.3) is 0 Å². The molecule has 1 atom stereocenters. The Morgan fingerprint density at radius 1 is 1.24 bits per heavy atom. The smallest absolute Gasteiger partial charge is 0.229 e. The lowest BCUT2D eigenvalue weighted by Gasteiger charge is -2.24. The Bertz CT molecular complexity index is 701. The Hall–Kier alpha value is -2.29. The molecule has 0 saturated heterocycles. The van der Waals surface area contributed by atoms with E-state index >= 15 is 0 Å². The van der Waals surface area contributed by atoms with E-state index in [1.807, 2.05) is 23.7 Å². The molecule has 3 rings (SSSR count). The van der Waals surface area contributed by atoms with Crippen LogP contribution in [0.5, 0.6) is 0 Å². The zero-order valence-electron chi connectivity index (χ0n) is 15.5. The molecule has 0 bridgehead atoms. The van der Waals surface area contributed by atoms with Gasteiger partial charge in [-0.25, -0.2) is 9.67 Å². The second-order valence-corrected chi connectivity index (χ2v) is 6.81. The molecule has 1 aliphatic rings. The minimum absolute atomic E-state index is 0.210. The molecule has 25 heavy (non-hydrogen) atoms. The van der Waals surface area contributed by atoms with E-state index in [9.17, 15) is 0 Å².